The second-order valence-corrected chi connectivity index (χ2v) is 4.74. The molecule has 0 fully saturated rings. The number of carbonyl (C=O) groups is 3. The zero-order valence-corrected chi connectivity index (χ0v) is 11.0. The molecule has 0 spiro atoms. The van der Waals surface area contributed by atoms with Crippen LogP contribution in [0.5, 0.6) is 0 Å². The van der Waals surface area contributed by atoms with Crippen LogP contribution in [0.15, 0.2) is 30.3 Å². The normalized spacial score (nSPS) is 13.5. The lowest BCUT2D eigenvalue weighted by Crippen LogP contribution is -2.43. The number of carboxylic acids is 1. The molecular weight excluding hydrogens is 292 g/mol. The zero-order chi connectivity index (χ0) is 16.0. The molecule has 0 bridgehead atoms. The maximum atomic E-state index is 12.3. The van der Waals surface area contributed by atoms with Crippen molar-refractivity contribution in [1.29, 1.82) is 0 Å². The van der Waals surface area contributed by atoms with E-state index in [4.69, 9.17) is 5.11 Å². The fourth-order valence-corrected chi connectivity index (χ4v) is 2.53. The van der Waals surface area contributed by atoms with E-state index in [0.29, 0.717) is 15.7 Å². The average Bonchev–Trinajstić information content (AvgIpc) is 2.48. The Bertz CT molecular complexity index is 873. The number of rotatable bonds is 3. The molecule has 0 radical (unpaired) electrons. The molecular formula is C14H8N2O6. The molecule has 2 aromatic rings. The SMILES string of the molecule is O=C(O)CN1C(=O)c2cccc3cc([N+](=O)[O-])cc(c23)C1=O. The summed E-state index contributed by atoms with van der Waals surface area (Å²) in [5, 5.41) is 20.5. The molecule has 1 heterocycles. The largest absolute Gasteiger partial charge is 0.480 e. The number of imide groups is 1. The molecule has 0 aliphatic carbocycles. The Kier molecular flexibility index (Phi) is 2.87. The van der Waals surface area contributed by atoms with Gasteiger partial charge in [-0.15, -0.1) is 0 Å². The standard InChI is InChI=1S/C14H8N2O6/c17-11(18)6-15-13(19)9-3-1-2-7-4-8(16(21)22)5-10(12(7)9)14(15)20/h1-5H,6H2,(H,17,18). The molecule has 1 aliphatic rings. The second kappa shape index (κ2) is 4.62. The summed E-state index contributed by atoms with van der Waals surface area (Å²) >= 11 is 0. The van der Waals surface area contributed by atoms with Gasteiger partial charge in [0.1, 0.15) is 6.54 Å². The lowest BCUT2D eigenvalue weighted by Gasteiger charge is -2.25. The van der Waals surface area contributed by atoms with Gasteiger partial charge in [0.2, 0.25) is 0 Å². The van der Waals surface area contributed by atoms with E-state index in [0.717, 1.165) is 6.07 Å². The Morgan fingerprint density at radius 1 is 1.18 bits per heavy atom. The van der Waals surface area contributed by atoms with Gasteiger partial charge < -0.3 is 5.11 Å². The highest BCUT2D eigenvalue weighted by atomic mass is 16.6. The Hall–Kier alpha value is -3.29. The Morgan fingerprint density at radius 2 is 1.86 bits per heavy atom. The maximum absolute atomic E-state index is 12.3. The lowest BCUT2D eigenvalue weighted by atomic mass is 9.93. The summed E-state index contributed by atoms with van der Waals surface area (Å²) in [4.78, 5) is 46.3. The highest BCUT2D eigenvalue weighted by Gasteiger charge is 2.35. The number of non-ortho nitro benzene ring substituents is 1. The number of benzene rings is 2. The van der Waals surface area contributed by atoms with Crippen molar-refractivity contribution in [2.75, 3.05) is 6.54 Å². The molecule has 22 heavy (non-hydrogen) atoms. The van der Waals surface area contributed by atoms with E-state index in [1.54, 1.807) is 6.07 Å². The molecule has 0 unspecified atom stereocenters. The predicted octanol–water partition coefficient (Wildman–Crippen LogP) is 1.43. The van der Waals surface area contributed by atoms with E-state index in [1.807, 2.05) is 0 Å². The molecule has 1 N–H and O–H groups in total. The van der Waals surface area contributed by atoms with E-state index in [9.17, 15) is 24.5 Å². The molecule has 2 aromatic carbocycles. The van der Waals surface area contributed by atoms with Crippen molar-refractivity contribution in [2.45, 2.75) is 0 Å². The molecule has 110 valence electrons. The van der Waals surface area contributed by atoms with Crippen LogP contribution in [0.2, 0.25) is 0 Å². The van der Waals surface area contributed by atoms with Crippen molar-refractivity contribution in [1.82, 2.24) is 4.90 Å². The van der Waals surface area contributed by atoms with Gasteiger partial charge in [-0.05, 0) is 11.5 Å². The lowest BCUT2D eigenvalue weighted by molar-refractivity contribution is -0.384. The van der Waals surface area contributed by atoms with Crippen molar-refractivity contribution in [3.05, 3.63) is 51.6 Å². The van der Waals surface area contributed by atoms with E-state index in [1.165, 1.54) is 18.2 Å². The number of amides is 2. The highest BCUT2D eigenvalue weighted by molar-refractivity contribution is 6.26. The minimum atomic E-state index is -1.34. The summed E-state index contributed by atoms with van der Waals surface area (Å²) < 4.78 is 0. The molecule has 0 saturated carbocycles. The fourth-order valence-electron chi connectivity index (χ4n) is 2.53. The molecule has 1 aliphatic heterocycles. The number of aliphatic carboxylic acids is 1. The van der Waals surface area contributed by atoms with Crippen molar-refractivity contribution in [3.63, 3.8) is 0 Å². The fraction of sp³-hybridized carbons (Fsp3) is 0.0714. The Morgan fingerprint density at radius 3 is 2.50 bits per heavy atom. The summed E-state index contributed by atoms with van der Waals surface area (Å²) in [6.45, 7) is -0.795. The van der Waals surface area contributed by atoms with Crippen molar-refractivity contribution in [2.24, 2.45) is 0 Å². The van der Waals surface area contributed by atoms with Crippen LogP contribution in [0.4, 0.5) is 5.69 Å². The minimum absolute atomic E-state index is 0.0411. The highest BCUT2D eigenvalue weighted by Crippen LogP contribution is 2.33. The van der Waals surface area contributed by atoms with Crippen LogP contribution < -0.4 is 0 Å². The van der Waals surface area contributed by atoms with Crippen LogP contribution in [0.25, 0.3) is 10.8 Å². The van der Waals surface area contributed by atoms with Gasteiger partial charge in [-0.25, -0.2) is 0 Å². The quantitative estimate of drug-likeness (QED) is 0.520. The molecule has 0 aromatic heterocycles. The Labute approximate surface area is 122 Å². The van der Waals surface area contributed by atoms with Crippen molar-refractivity contribution < 1.29 is 24.4 Å². The van der Waals surface area contributed by atoms with E-state index >= 15 is 0 Å². The number of nitro groups is 1. The van der Waals surface area contributed by atoms with Crippen LogP contribution in [0.3, 0.4) is 0 Å². The number of nitrogens with zero attached hydrogens (tertiary/aromatic N) is 2. The summed E-state index contributed by atoms with van der Waals surface area (Å²) in [7, 11) is 0. The molecule has 8 nitrogen and oxygen atoms in total. The van der Waals surface area contributed by atoms with Gasteiger partial charge in [-0.1, -0.05) is 12.1 Å². The second-order valence-electron chi connectivity index (χ2n) is 4.74. The first kappa shape index (κ1) is 13.7. The van der Waals surface area contributed by atoms with Crippen LogP contribution in [-0.2, 0) is 4.79 Å². The molecule has 0 saturated heterocycles. The summed E-state index contributed by atoms with van der Waals surface area (Å²) in [5.41, 5.74) is -0.179. The maximum Gasteiger partial charge on any atom is 0.323 e. The van der Waals surface area contributed by atoms with Crippen molar-refractivity contribution >= 4 is 34.2 Å². The first-order valence-corrected chi connectivity index (χ1v) is 6.19. The van der Waals surface area contributed by atoms with Crippen LogP contribution >= 0.6 is 0 Å². The average molecular weight is 300 g/mol. The topological polar surface area (TPSA) is 118 Å². The van der Waals surface area contributed by atoms with Crippen LogP contribution in [0.1, 0.15) is 20.7 Å². The van der Waals surface area contributed by atoms with Crippen LogP contribution in [0, 0.1) is 10.1 Å². The Balaban J connectivity index is 2.32. The first-order valence-electron chi connectivity index (χ1n) is 6.19. The third kappa shape index (κ3) is 1.89. The molecule has 3 rings (SSSR count). The minimum Gasteiger partial charge on any atom is -0.480 e. The number of carboxylic acid groups (broad SMARTS) is 1. The summed E-state index contributed by atoms with van der Waals surface area (Å²) in [6, 6.07) is 6.88. The molecule has 8 heteroatoms. The molecule has 2 amide bonds. The van der Waals surface area contributed by atoms with Gasteiger partial charge in [0.25, 0.3) is 17.5 Å². The summed E-state index contributed by atoms with van der Waals surface area (Å²) in [6.07, 6.45) is 0. The third-order valence-corrected chi connectivity index (χ3v) is 3.42. The number of hydrogen-bond donors (Lipinski definition) is 1. The van der Waals surface area contributed by atoms with Crippen molar-refractivity contribution in [3.8, 4) is 0 Å². The predicted molar refractivity (Wildman–Crippen MR) is 73.6 cm³/mol. The van der Waals surface area contributed by atoms with Gasteiger partial charge in [0, 0.05) is 23.1 Å². The molecule has 0 atom stereocenters. The number of carbonyl (C=O) groups excluding carboxylic acids is 2. The van der Waals surface area contributed by atoms with E-state index < -0.39 is 29.3 Å². The van der Waals surface area contributed by atoms with Gasteiger partial charge >= 0.3 is 5.97 Å². The zero-order valence-electron chi connectivity index (χ0n) is 11.0. The monoisotopic (exact) mass is 300 g/mol. The van der Waals surface area contributed by atoms with E-state index in [-0.39, 0.29) is 16.8 Å². The first-order chi connectivity index (χ1) is 10.4. The third-order valence-electron chi connectivity index (χ3n) is 3.42. The van der Waals surface area contributed by atoms with Gasteiger partial charge in [-0.2, -0.15) is 0 Å². The number of nitro benzene ring substituents is 1. The number of hydrogen-bond acceptors (Lipinski definition) is 5. The summed E-state index contributed by atoms with van der Waals surface area (Å²) in [5.74, 6) is -2.91. The smallest absolute Gasteiger partial charge is 0.323 e. The van der Waals surface area contributed by atoms with E-state index in [2.05, 4.69) is 0 Å². The van der Waals surface area contributed by atoms with Crippen LogP contribution in [-0.4, -0.2) is 39.3 Å². The van der Waals surface area contributed by atoms with Gasteiger partial charge in [0.15, 0.2) is 0 Å². The van der Waals surface area contributed by atoms with Gasteiger partial charge in [0.05, 0.1) is 10.5 Å². The van der Waals surface area contributed by atoms with Gasteiger partial charge in [-0.3, -0.25) is 29.4 Å².